The summed E-state index contributed by atoms with van der Waals surface area (Å²) in [6, 6.07) is 10.8. The molecule has 1 amide bonds. The fraction of sp³-hybridized carbons (Fsp3) is 0.118. The van der Waals surface area contributed by atoms with E-state index in [1.807, 2.05) is 12.1 Å². The lowest BCUT2D eigenvalue weighted by atomic mass is 10.0. The Labute approximate surface area is 133 Å². The number of rotatable bonds is 3. The molecule has 0 bridgehead atoms. The van der Waals surface area contributed by atoms with Crippen LogP contribution in [0.5, 0.6) is 11.5 Å². The Morgan fingerprint density at radius 3 is 2.68 bits per heavy atom. The Balaban J connectivity index is 2.14. The monoisotopic (exact) mass is 315 g/mol. The minimum atomic E-state index is -0.165. The van der Waals surface area contributed by atoms with Crippen molar-refractivity contribution in [2.24, 2.45) is 0 Å². The SMILES string of the molecule is COc1cccc(C=C2C(=O)Nc3ccc(Cl)cc32)c1OC. The summed E-state index contributed by atoms with van der Waals surface area (Å²) in [6.45, 7) is 0. The number of amides is 1. The third kappa shape index (κ3) is 2.42. The van der Waals surface area contributed by atoms with E-state index >= 15 is 0 Å². The zero-order valence-corrected chi connectivity index (χ0v) is 12.9. The summed E-state index contributed by atoms with van der Waals surface area (Å²) < 4.78 is 10.7. The maximum atomic E-state index is 12.2. The predicted octanol–water partition coefficient (Wildman–Crippen LogP) is 3.85. The van der Waals surface area contributed by atoms with Crippen molar-refractivity contribution in [1.82, 2.24) is 0 Å². The van der Waals surface area contributed by atoms with E-state index in [0.717, 1.165) is 16.8 Å². The average molecular weight is 316 g/mol. The molecule has 5 heteroatoms. The van der Waals surface area contributed by atoms with Gasteiger partial charge in [-0.25, -0.2) is 0 Å². The molecule has 1 aliphatic rings. The minimum absolute atomic E-state index is 0.165. The van der Waals surface area contributed by atoms with Crippen molar-refractivity contribution in [3.8, 4) is 11.5 Å². The second kappa shape index (κ2) is 5.73. The number of para-hydroxylation sites is 1. The Morgan fingerprint density at radius 1 is 1.14 bits per heavy atom. The predicted molar refractivity (Wildman–Crippen MR) is 87.5 cm³/mol. The quantitative estimate of drug-likeness (QED) is 0.875. The van der Waals surface area contributed by atoms with E-state index in [1.54, 1.807) is 44.6 Å². The number of methoxy groups -OCH3 is 2. The van der Waals surface area contributed by atoms with Crippen LogP contribution in [0.1, 0.15) is 11.1 Å². The molecule has 2 aromatic carbocycles. The average Bonchev–Trinajstić information content (AvgIpc) is 2.82. The first-order valence-electron chi connectivity index (χ1n) is 6.68. The summed E-state index contributed by atoms with van der Waals surface area (Å²) in [5.41, 5.74) is 2.84. The van der Waals surface area contributed by atoms with Crippen LogP contribution in [0.2, 0.25) is 5.02 Å². The largest absolute Gasteiger partial charge is 0.493 e. The van der Waals surface area contributed by atoms with E-state index in [-0.39, 0.29) is 5.91 Å². The van der Waals surface area contributed by atoms with Gasteiger partial charge in [0.1, 0.15) is 0 Å². The van der Waals surface area contributed by atoms with E-state index in [2.05, 4.69) is 5.32 Å². The van der Waals surface area contributed by atoms with E-state index in [9.17, 15) is 4.79 Å². The van der Waals surface area contributed by atoms with Crippen LogP contribution in [0.15, 0.2) is 36.4 Å². The van der Waals surface area contributed by atoms with Gasteiger partial charge >= 0.3 is 0 Å². The molecule has 22 heavy (non-hydrogen) atoms. The molecule has 0 atom stereocenters. The highest BCUT2D eigenvalue weighted by Crippen LogP contribution is 2.38. The second-order valence-corrected chi connectivity index (χ2v) is 5.22. The molecule has 1 aliphatic heterocycles. The lowest BCUT2D eigenvalue weighted by Gasteiger charge is -2.10. The number of carbonyl (C=O) groups excluding carboxylic acids is 1. The lowest BCUT2D eigenvalue weighted by molar-refractivity contribution is -0.110. The molecule has 0 saturated carbocycles. The molecule has 112 valence electrons. The van der Waals surface area contributed by atoms with Crippen molar-refractivity contribution >= 4 is 34.8 Å². The fourth-order valence-corrected chi connectivity index (χ4v) is 2.66. The molecular formula is C17H14ClNO3. The molecule has 0 spiro atoms. The number of fused-ring (bicyclic) bond motifs is 1. The van der Waals surface area contributed by atoms with E-state index in [4.69, 9.17) is 21.1 Å². The first-order chi connectivity index (χ1) is 10.6. The van der Waals surface area contributed by atoms with E-state index < -0.39 is 0 Å². The summed E-state index contributed by atoms with van der Waals surface area (Å²) in [5.74, 6) is 1.03. The van der Waals surface area contributed by atoms with Crippen molar-refractivity contribution in [1.29, 1.82) is 0 Å². The highest BCUT2D eigenvalue weighted by atomic mass is 35.5. The van der Waals surface area contributed by atoms with Gasteiger partial charge in [-0.15, -0.1) is 0 Å². The van der Waals surface area contributed by atoms with Gasteiger partial charge in [0.25, 0.3) is 5.91 Å². The number of hydrogen-bond acceptors (Lipinski definition) is 3. The normalized spacial score (nSPS) is 14.7. The van der Waals surface area contributed by atoms with Gasteiger partial charge in [0.15, 0.2) is 11.5 Å². The summed E-state index contributed by atoms with van der Waals surface area (Å²) in [6.07, 6.45) is 1.78. The third-order valence-electron chi connectivity index (χ3n) is 3.50. The smallest absolute Gasteiger partial charge is 0.256 e. The summed E-state index contributed by atoms with van der Waals surface area (Å²) in [5, 5.41) is 3.41. The molecule has 3 rings (SSSR count). The molecule has 0 unspecified atom stereocenters. The molecule has 0 aromatic heterocycles. The zero-order chi connectivity index (χ0) is 15.7. The van der Waals surface area contributed by atoms with Crippen LogP contribution in [-0.2, 0) is 4.79 Å². The number of ether oxygens (including phenoxy) is 2. The highest BCUT2D eigenvalue weighted by Gasteiger charge is 2.24. The molecule has 0 aliphatic carbocycles. The number of halogens is 1. The van der Waals surface area contributed by atoms with Crippen LogP contribution in [0, 0.1) is 0 Å². The van der Waals surface area contributed by atoms with Crippen molar-refractivity contribution in [3.05, 3.63) is 52.5 Å². The van der Waals surface area contributed by atoms with Crippen molar-refractivity contribution in [2.75, 3.05) is 19.5 Å². The Morgan fingerprint density at radius 2 is 1.95 bits per heavy atom. The summed E-state index contributed by atoms with van der Waals surface area (Å²) in [7, 11) is 3.14. The maximum Gasteiger partial charge on any atom is 0.256 e. The van der Waals surface area contributed by atoms with Crippen LogP contribution in [0.3, 0.4) is 0 Å². The molecule has 0 fully saturated rings. The van der Waals surface area contributed by atoms with Gasteiger partial charge in [0.2, 0.25) is 0 Å². The first kappa shape index (κ1) is 14.5. The number of anilines is 1. The molecule has 2 aromatic rings. The van der Waals surface area contributed by atoms with Gasteiger partial charge in [-0.3, -0.25) is 4.79 Å². The van der Waals surface area contributed by atoms with Crippen LogP contribution in [0.4, 0.5) is 5.69 Å². The first-order valence-corrected chi connectivity index (χ1v) is 7.06. The van der Waals surface area contributed by atoms with E-state index in [0.29, 0.717) is 22.1 Å². The fourth-order valence-electron chi connectivity index (χ4n) is 2.48. The van der Waals surface area contributed by atoms with Crippen molar-refractivity contribution < 1.29 is 14.3 Å². The van der Waals surface area contributed by atoms with Gasteiger partial charge in [-0.05, 0) is 30.3 Å². The number of benzene rings is 2. The van der Waals surface area contributed by atoms with Crippen LogP contribution < -0.4 is 14.8 Å². The van der Waals surface area contributed by atoms with Crippen molar-refractivity contribution in [2.45, 2.75) is 0 Å². The van der Waals surface area contributed by atoms with Gasteiger partial charge in [-0.2, -0.15) is 0 Å². The topological polar surface area (TPSA) is 47.6 Å². The maximum absolute atomic E-state index is 12.2. The van der Waals surface area contributed by atoms with Gasteiger partial charge < -0.3 is 14.8 Å². The highest BCUT2D eigenvalue weighted by molar-refractivity contribution is 6.36. The van der Waals surface area contributed by atoms with Gasteiger partial charge in [0.05, 0.1) is 14.2 Å². The molecule has 0 radical (unpaired) electrons. The molecular weight excluding hydrogens is 302 g/mol. The number of nitrogens with one attached hydrogen (secondary N) is 1. The van der Waals surface area contributed by atoms with Gasteiger partial charge in [0, 0.05) is 27.4 Å². The van der Waals surface area contributed by atoms with Gasteiger partial charge in [-0.1, -0.05) is 23.7 Å². The van der Waals surface area contributed by atoms with E-state index in [1.165, 1.54) is 0 Å². The Kier molecular flexibility index (Phi) is 3.77. The molecule has 0 saturated heterocycles. The van der Waals surface area contributed by atoms with Crippen LogP contribution >= 0.6 is 11.6 Å². The molecule has 4 nitrogen and oxygen atoms in total. The molecule has 1 heterocycles. The minimum Gasteiger partial charge on any atom is -0.493 e. The summed E-state index contributed by atoms with van der Waals surface area (Å²) in [4.78, 5) is 12.2. The standard InChI is InChI=1S/C17H14ClNO3/c1-21-15-5-3-4-10(16(15)22-2)8-13-12-9-11(18)6-7-14(12)19-17(13)20/h3-9H,1-2H3,(H,19,20). The number of carbonyl (C=O) groups is 1. The number of hydrogen-bond donors (Lipinski definition) is 1. The zero-order valence-electron chi connectivity index (χ0n) is 12.1. The van der Waals surface area contributed by atoms with Crippen molar-refractivity contribution in [3.63, 3.8) is 0 Å². The third-order valence-corrected chi connectivity index (χ3v) is 3.73. The molecule has 1 N–H and O–H groups in total. The Bertz CT molecular complexity index is 783. The Hall–Kier alpha value is -2.46. The second-order valence-electron chi connectivity index (χ2n) is 4.78. The summed E-state index contributed by atoms with van der Waals surface area (Å²) >= 11 is 6.03. The lowest BCUT2D eigenvalue weighted by Crippen LogP contribution is -2.03. The van der Waals surface area contributed by atoms with Crippen LogP contribution in [-0.4, -0.2) is 20.1 Å². The van der Waals surface area contributed by atoms with Crippen LogP contribution in [0.25, 0.3) is 11.6 Å².